The van der Waals surface area contributed by atoms with Gasteiger partial charge in [-0.25, -0.2) is 9.97 Å². The predicted molar refractivity (Wildman–Crippen MR) is 76.7 cm³/mol. The van der Waals surface area contributed by atoms with Crippen LogP contribution in [0, 0.1) is 5.92 Å². The quantitative estimate of drug-likeness (QED) is 0.551. The molecule has 6 heteroatoms. The van der Waals surface area contributed by atoms with Gasteiger partial charge >= 0.3 is 0 Å². The van der Waals surface area contributed by atoms with Gasteiger partial charge in [-0.15, -0.1) is 0 Å². The van der Waals surface area contributed by atoms with Crippen molar-refractivity contribution in [3.05, 3.63) is 18.1 Å². The van der Waals surface area contributed by atoms with E-state index in [4.69, 9.17) is 22.7 Å². The molecule has 0 unspecified atom stereocenters. The Bertz CT molecular complexity index is 384. The molecule has 3 N–H and O–H groups in total. The van der Waals surface area contributed by atoms with E-state index in [9.17, 15) is 0 Å². The summed E-state index contributed by atoms with van der Waals surface area (Å²) >= 11 is 4.91. The Labute approximate surface area is 113 Å². The summed E-state index contributed by atoms with van der Waals surface area (Å²) in [5, 5.41) is 3.16. The molecule has 5 nitrogen and oxygen atoms in total. The molecule has 0 aliphatic heterocycles. The SMILES string of the molecule is CC(C)COCCCNc1nccnc1C(N)=S. The highest BCUT2D eigenvalue weighted by Crippen LogP contribution is 2.07. The summed E-state index contributed by atoms with van der Waals surface area (Å²) in [6.45, 7) is 6.54. The molecule has 0 bridgehead atoms. The van der Waals surface area contributed by atoms with E-state index in [0.717, 1.165) is 26.2 Å². The molecular formula is C12H20N4OS. The number of thiocarbonyl (C=S) groups is 1. The third-order valence-electron chi connectivity index (χ3n) is 2.14. The van der Waals surface area contributed by atoms with Crippen LogP contribution in [0.25, 0.3) is 0 Å². The lowest BCUT2D eigenvalue weighted by Gasteiger charge is -2.09. The number of nitrogens with zero attached hydrogens (tertiary/aromatic N) is 2. The highest BCUT2D eigenvalue weighted by Gasteiger charge is 2.06. The zero-order chi connectivity index (χ0) is 13.4. The van der Waals surface area contributed by atoms with Crippen LogP contribution in [0.2, 0.25) is 0 Å². The minimum absolute atomic E-state index is 0.252. The molecule has 1 heterocycles. The summed E-state index contributed by atoms with van der Waals surface area (Å²) < 4.78 is 5.48. The molecule has 0 saturated carbocycles. The smallest absolute Gasteiger partial charge is 0.155 e. The van der Waals surface area contributed by atoms with Crippen molar-refractivity contribution in [2.75, 3.05) is 25.1 Å². The zero-order valence-electron chi connectivity index (χ0n) is 10.8. The maximum absolute atomic E-state index is 5.56. The van der Waals surface area contributed by atoms with E-state index in [2.05, 4.69) is 29.1 Å². The van der Waals surface area contributed by atoms with Crippen molar-refractivity contribution in [1.29, 1.82) is 0 Å². The van der Waals surface area contributed by atoms with Gasteiger partial charge in [-0.3, -0.25) is 0 Å². The van der Waals surface area contributed by atoms with E-state index in [1.165, 1.54) is 0 Å². The summed E-state index contributed by atoms with van der Waals surface area (Å²) in [6, 6.07) is 0. The van der Waals surface area contributed by atoms with Gasteiger partial charge in [-0.2, -0.15) is 0 Å². The topological polar surface area (TPSA) is 73.1 Å². The van der Waals surface area contributed by atoms with Crippen molar-refractivity contribution in [3.8, 4) is 0 Å². The molecule has 0 spiro atoms. The van der Waals surface area contributed by atoms with Crippen LogP contribution in [0.15, 0.2) is 12.4 Å². The van der Waals surface area contributed by atoms with E-state index in [1.807, 2.05) is 0 Å². The van der Waals surface area contributed by atoms with E-state index < -0.39 is 0 Å². The first-order valence-electron chi connectivity index (χ1n) is 6.03. The van der Waals surface area contributed by atoms with Gasteiger partial charge in [0.05, 0.1) is 0 Å². The number of rotatable bonds is 8. The number of hydrogen-bond acceptors (Lipinski definition) is 5. The zero-order valence-corrected chi connectivity index (χ0v) is 11.7. The first-order chi connectivity index (χ1) is 8.61. The number of aromatic nitrogens is 2. The van der Waals surface area contributed by atoms with Crippen LogP contribution < -0.4 is 11.1 Å². The van der Waals surface area contributed by atoms with Crippen LogP contribution in [-0.2, 0) is 4.74 Å². The molecular weight excluding hydrogens is 248 g/mol. The summed E-state index contributed by atoms with van der Waals surface area (Å²) in [4.78, 5) is 8.51. The van der Waals surface area contributed by atoms with E-state index in [0.29, 0.717) is 17.4 Å². The Hall–Kier alpha value is -1.27. The van der Waals surface area contributed by atoms with E-state index >= 15 is 0 Å². The molecule has 18 heavy (non-hydrogen) atoms. The van der Waals surface area contributed by atoms with Crippen molar-refractivity contribution in [1.82, 2.24) is 9.97 Å². The molecule has 1 rings (SSSR count). The summed E-state index contributed by atoms with van der Waals surface area (Å²) in [7, 11) is 0. The van der Waals surface area contributed by atoms with Gasteiger partial charge in [0.1, 0.15) is 10.7 Å². The minimum Gasteiger partial charge on any atom is -0.388 e. The molecule has 0 atom stereocenters. The Morgan fingerprint density at radius 2 is 2.17 bits per heavy atom. The van der Waals surface area contributed by atoms with E-state index in [-0.39, 0.29) is 4.99 Å². The lowest BCUT2D eigenvalue weighted by atomic mass is 10.2. The number of nitrogens with one attached hydrogen (secondary N) is 1. The van der Waals surface area contributed by atoms with Crippen molar-refractivity contribution in [2.24, 2.45) is 11.7 Å². The van der Waals surface area contributed by atoms with Crippen molar-refractivity contribution < 1.29 is 4.74 Å². The Morgan fingerprint density at radius 1 is 1.44 bits per heavy atom. The predicted octanol–water partition coefficient (Wildman–Crippen LogP) is 1.59. The molecule has 0 aromatic carbocycles. The minimum atomic E-state index is 0.252. The molecule has 0 amide bonds. The highest BCUT2D eigenvalue weighted by molar-refractivity contribution is 7.80. The molecule has 0 saturated heterocycles. The molecule has 0 aliphatic carbocycles. The highest BCUT2D eigenvalue weighted by atomic mass is 32.1. The van der Waals surface area contributed by atoms with Crippen LogP contribution in [0.3, 0.4) is 0 Å². The first-order valence-corrected chi connectivity index (χ1v) is 6.44. The first kappa shape index (κ1) is 14.8. The third-order valence-corrected chi connectivity index (χ3v) is 2.33. The molecule has 1 aromatic rings. The molecule has 1 aromatic heterocycles. The van der Waals surface area contributed by atoms with Gasteiger partial charge in [0.2, 0.25) is 0 Å². The number of nitrogens with two attached hydrogens (primary N) is 1. The normalized spacial score (nSPS) is 10.6. The second-order valence-electron chi connectivity index (χ2n) is 4.37. The third kappa shape index (κ3) is 5.37. The fourth-order valence-corrected chi connectivity index (χ4v) is 1.50. The van der Waals surface area contributed by atoms with Gasteiger partial charge < -0.3 is 15.8 Å². The lowest BCUT2D eigenvalue weighted by molar-refractivity contribution is 0.110. The molecule has 0 radical (unpaired) electrons. The second-order valence-corrected chi connectivity index (χ2v) is 4.81. The number of ether oxygens (including phenoxy) is 1. The maximum Gasteiger partial charge on any atom is 0.155 e. The monoisotopic (exact) mass is 268 g/mol. The van der Waals surface area contributed by atoms with Gasteiger partial charge in [0.15, 0.2) is 5.82 Å². The van der Waals surface area contributed by atoms with Crippen LogP contribution in [-0.4, -0.2) is 34.7 Å². The average molecular weight is 268 g/mol. The average Bonchev–Trinajstić information content (AvgIpc) is 2.33. The van der Waals surface area contributed by atoms with Crippen molar-refractivity contribution in [2.45, 2.75) is 20.3 Å². The van der Waals surface area contributed by atoms with E-state index in [1.54, 1.807) is 12.4 Å². The summed E-state index contributed by atoms with van der Waals surface area (Å²) in [6.07, 6.45) is 4.09. The van der Waals surface area contributed by atoms with Crippen LogP contribution in [0.4, 0.5) is 5.82 Å². The number of anilines is 1. The summed E-state index contributed by atoms with van der Waals surface area (Å²) in [5.74, 6) is 1.20. The van der Waals surface area contributed by atoms with Gasteiger partial charge in [0, 0.05) is 32.2 Å². The van der Waals surface area contributed by atoms with Gasteiger partial charge in [-0.05, 0) is 12.3 Å². The fraction of sp³-hybridized carbons (Fsp3) is 0.583. The lowest BCUT2D eigenvalue weighted by Crippen LogP contribution is -2.17. The van der Waals surface area contributed by atoms with Gasteiger partial charge in [-0.1, -0.05) is 26.1 Å². The Morgan fingerprint density at radius 3 is 2.83 bits per heavy atom. The van der Waals surface area contributed by atoms with Crippen LogP contribution >= 0.6 is 12.2 Å². The standard InChI is InChI=1S/C12H20N4OS/c1-9(2)8-17-7-3-4-15-12-10(11(13)18)14-5-6-16-12/h5-6,9H,3-4,7-8H2,1-2H3,(H2,13,18)(H,15,16). The number of hydrogen-bond donors (Lipinski definition) is 2. The van der Waals surface area contributed by atoms with Crippen LogP contribution in [0.1, 0.15) is 26.0 Å². The molecule has 0 aliphatic rings. The van der Waals surface area contributed by atoms with Crippen molar-refractivity contribution >= 4 is 23.0 Å². The fourth-order valence-electron chi connectivity index (χ4n) is 1.35. The van der Waals surface area contributed by atoms with Crippen LogP contribution in [0.5, 0.6) is 0 Å². The molecule has 100 valence electrons. The Kier molecular flexibility index (Phi) is 6.53. The van der Waals surface area contributed by atoms with Crippen molar-refractivity contribution in [3.63, 3.8) is 0 Å². The second kappa shape index (κ2) is 7.94. The Balaban J connectivity index is 2.29. The van der Waals surface area contributed by atoms with Gasteiger partial charge in [0.25, 0.3) is 0 Å². The maximum atomic E-state index is 5.56. The largest absolute Gasteiger partial charge is 0.388 e. The molecule has 0 fully saturated rings. The summed E-state index contributed by atoms with van der Waals surface area (Å²) in [5.41, 5.74) is 6.10.